The summed E-state index contributed by atoms with van der Waals surface area (Å²) in [5, 5.41) is 8.01. The fraction of sp³-hybridized carbons (Fsp3) is 0.167. The number of carbonyl (C=O) groups is 1. The van der Waals surface area contributed by atoms with E-state index in [2.05, 4.69) is 10.3 Å². The number of hydrogen-bond acceptors (Lipinski definition) is 4. The number of aryl methyl sites for hydroxylation is 2. The minimum absolute atomic E-state index is 0.110. The van der Waals surface area contributed by atoms with Gasteiger partial charge in [-0.15, -0.1) is 5.10 Å². The summed E-state index contributed by atoms with van der Waals surface area (Å²) in [6, 6.07) is 17.0. The molecule has 0 amide bonds. The van der Waals surface area contributed by atoms with Gasteiger partial charge in [0.1, 0.15) is 5.75 Å². The summed E-state index contributed by atoms with van der Waals surface area (Å²) in [5.74, 6) is 0.728. The van der Waals surface area contributed by atoms with Crippen LogP contribution in [0.1, 0.15) is 21.6 Å². The van der Waals surface area contributed by atoms with Crippen LogP contribution in [0.3, 0.4) is 0 Å². The first-order valence-corrected chi connectivity index (χ1v) is 7.39. The van der Waals surface area contributed by atoms with E-state index in [1.165, 1.54) is 5.56 Å². The number of nitrogens with zero attached hydrogens (tertiary/aromatic N) is 3. The van der Waals surface area contributed by atoms with E-state index in [1.54, 1.807) is 30.1 Å². The standard InChI is InChI=1S/C18H17N3O2/c1-23-16-9-7-14(8-10-16)11-12-21-13-17(19-20-21)18(22)15-5-3-2-4-6-15/h2-10,13H,11-12H2,1H3. The van der Waals surface area contributed by atoms with Gasteiger partial charge < -0.3 is 4.74 Å². The highest BCUT2D eigenvalue weighted by Gasteiger charge is 2.12. The fourth-order valence-electron chi connectivity index (χ4n) is 2.28. The second kappa shape index (κ2) is 6.87. The van der Waals surface area contributed by atoms with Crippen molar-refractivity contribution in [2.45, 2.75) is 13.0 Å². The molecule has 116 valence electrons. The van der Waals surface area contributed by atoms with Gasteiger partial charge in [-0.25, -0.2) is 0 Å². The predicted octanol–water partition coefficient (Wildman–Crippen LogP) is 2.76. The van der Waals surface area contributed by atoms with E-state index in [0.29, 0.717) is 17.8 Å². The molecule has 0 spiro atoms. The highest BCUT2D eigenvalue weighted by molar-refractivity contribution is 6.07. The Morgan fingerprint density at radius 2 is 1.83 bits per heavy atom. The van der Waals surface area contributed by atoms with E-state index in [1.807, 2.05) is 42.5 Å². The molecule has 0 bridgehead atoms. The van der Waals surface area contributed by atoms with Gasteiger partial charge in [0, 0.05) is 12.1 Å². The Morgan fingerprint density at radius 1 is 1.09 bits per heavy atom. The van der Waals surface area contributed by atoms with Crippen LogP contribution in [0.4, 0.5) is 0 Å². The van der Waals surface area contributed by atoms with Gasteiger partial charge in [-0.1, -0.05) is 47.7 Å². The Bertz CT molecular complexity index is 780. The maximum absolute atomic E-state index is 12.3. The van der Waals surface area contributed by atoms with E-state index >= 15 is 0 Å². The first kappa shape index (κ1) is 15.0. The molecule has 0 saturated heterocycles. The number of ether oxygens (including phenoxy) is 1. The molecule has 0 fully saturated rings. The van der Waals surface area contributed by atoms with Crippen molar-refractivity contribution in [3.8, 4) is 5.75 Å². The van der Waals surface area contributed by atoms with E-state index in [0.717, 1.165) is 12.2 Å². The van der Waals surface area contributed by atoms with Crippen LogP contribution in [0, 0.1) is 0 Å². The summed E-state index contributed by atoms with van der Waals surface area (Å²) >= 11 is 0. The second-order valence-electron chi connectivity index (χ2n) is 5.16. The van der Waals surface area contributed by atoms with Crippen molar-refractivity contribution < 1.29 is 9.53 Å². The lowest BCUT2D eigenvalue weighted by Gasteiger charge is -2.03. The molecule has 0 saturated carbocycles. The number of carbonyl (C=O) groups excluding carboxylic acids is 1. The van der Waals surface area contributed by atoms with Crippen LogP contribution in [0.15, 0.2) is 60.8 Å². The minimum Gasteiger partial charge on any atom is -0.497 e. The van der Waals surface area contributed by atoms with Gasteiger partial charge in [0.05, 0.1) is 13.3 Å². The molecular weight excluding hydrogens is 290 g/mol. The van der Waals surface area contributed by atoms with Crippen molar-refractivity contribution in [3.63, 3.8) is 0 Å². The third kappa shape index (κ3) is 3.63. The molecule has 1 aromatic heterocycles. The van der Waals surface area contributed by atoms with Crippen molar-refractivity contribution in [1.29, 1.82) is 0 Å². The highest BCUT2D eigenvalue weighted by atomic mass is 16.5. The van der Waals surface area contributed by atoms with Gasteiger partial charge >= 0.3 is 0 Å². The quantitative estimate of drug-likeness (QED) is 0.657. The number of benzene rings is 2. The second-order valence-corrected chi connectivity index (χ2v) is 5.16. The fourth-order valence-corrected chi connectivity index (χ4v) is 2.28. The number of hydrogen-bond donors (Lipinski definition) is 0. The molecule has 2 aromatic carbocycles. The molecule has 0 unspecified atom stereocenters. The Morgan fingerprint density at radius 3 is 2.52 bits per heavy atom. The van der Waals surface area contributed by atoms with Crippen molar-refractivity contribution in [1.82, 2.24) is 15.0 Å². The molecule has 3 rings (SSSR count). The van der Waals surface area contributed by atoms with Crippen molar-refractivity contribution in [2.24, 2.45) is 0 Å². The van der Waals surface area contributed by atoms with Crippen LogP contribution in [0.2, 0.25) is 0 Å². The summed E-state index contributed by atoms with van der Waals surface area (Å²) in [5.41, 5.74) is 2.16. The van der Waals surface area contributed by atoms with Crippen LogP contribution in [-0.4, -0.2) is 27.9 Å². The zero-order valence-electron chi connectivity index (χ0n) is 12.8. The van der Waals surface area contributed by atoms with Crippen LogP contribution in [0.25, 0.3) is 0 Å². The largest absolute Gasteiger partial charge is 0.497 e. The van der Waals surface area contributed by atoms with Gasteiger partial charge in [0.2, 0.25) is 5.78 Å². The Kier molecular flexibility index (Phi) is 4.47. The summed E-state index contributed by atoms with van der Waals surface area (Å²) in [4.78, 5) is 12.3. The smallest absolute Gasteiger partial charge is 0.214 e. The summed E-state index contributed by atoms with van der Waals surface area (Å²) in [7, 11) is 1.65. The number of rotatable bonds is 6. The molecule has 0 N–H and O–H groups in total. The number of ketones is 1. The van der Waals surface area contributed by atoms with Gasteiger partial charge in [-0.05, 0) is 24.1 Å². The average molecular weight is 307 g/mol. The van der Waals surface area contributed by atoms with Crippen molar-refractivity contribution in [3.05, 3.63) is 77.6 Å². The third-order valence-electron chi connectivity index (χ3n) is 3.60. The Hall–Kier alpha value is -2.95. The molecule has 0 aliphatic carbocycles. The van der Waals surface area contributed by atoms with Crippen molar-refractivity contribution >= 4 is 5.78 Å². The average Bonchev–Trinajstić information content (AvgIpc) is 3.09. The monoisotopic (exact) mass is 307 g/mol. The Balaban J connectivity index is 1.64. The third-order valence-corrected chi connectivity index (χ3v) is 3.60. The summed E-state index contributed by atoms with van der Waals surface area (Å²) in [6.07, 6.45) is 2.51. The molecule has 0 aliphatic rings. The van der Waals surface area contributed by atoms with E-state index in [-0.39, 0.29) is 5.78 Å². The molecular formula is C18H17N3O2. The maximum Gasteiger partial charge on any atom is 0.214 e. The topological polar surface area (TPSA) is 57.0 Å². The zero-order chi connectivity index (χ0) is 16.1. The number of aromatic nitrogens is 3. The first-order chi connectivity index (χ1) is 11.3. The molecule has 5 heteroatoms. The molecule has 1 heterocycles. The molecule has 23 heavy (non-hydrogen) atoms. The van der Waals surface area contributed by atoms with Crippen LogP contribution in [0.5, 0.6) is 5.75 Å². The first-order valence-electron chi connectivity index (χ1n) is 7.39. The normalized spacial score (nSPS) is 10.5. The SMILES string of the molecule is COc1ccc(CCn2cc(C(=O)c3ccccc3)nn2)cc1. The van der Waals surface area contributed by atoms with Crippen LogP contribution < -0.4 is 4.74 Å². The van der Waals surface area contributed by atoms with Crippen LogP contribution in [-0.2, 0) is 13.0 Å². The molecule has 5 nitrogen and oxygen atoms in total. The predicted molar refractivity (Wildman–Crippen MR) is 86.6 cm³/mol. The van der Waals surface area contributed by atoms with E-state index in [4.69, 9.17) is 4.74 Å². The van der Waals surface area contributed by atoms with Gasteiger partial charge in [0.25, 0.3) is 0 Å². The zero-order valence-corrected chi connectivity index (χ0v) is 12.8. The van der Waals surface area contributed by atoms with Gasteiger partial charge in [-0.2, -0.15) is 0 Å². The molecule has 0 radical (unpaired) electrons. The number of methoxy groups -OCH3 is 1. The minimum atomic E-state index is -0.110. The molecule has 3 aromatic rings. The molecule has 0 aliphatic heterocycles. The van der Waals surface area contributed by atoms with Gasteiger partial charge in [0.15, 0.2) is 5.69 Å². The Labute approximate surface area is 134 Å². The molecule has 0 atom stereocenters. The maximum atomic E-state index is 12.3. The lowest BCUT2D eigenvalue weighted by Crippen LogP contribution is -2.03. The lowest BCUT2D eigenvalue weighted by molar-refractivity contribution is 0.103. The van der Waals surface area contributed by atoms with E-state index in [9.17, 15) is 4.79 Å². The van der Waals surface area contributed by atoms with Crippen molar-refractivity contribution in [2.75, 3.05) is 7.11 Å². The van der Waals surface area contributed by atoms with E-state index < -0.39 is 0 Å². The van der Waals surface area contributed by atoms with Gasteiger partial charge in [-0.3, -0.25) is 9.48 Å². The summed E-state index contributed by atoms with van der Waals surface area (Å²) in [6.45, 7) is 0.668. The summed E-state index contributed by atoms with van der Waals surface area (Å²) < 4.78 is 6.83. The van der Waals surface area contributed by atoms with Crippen LogP contribution >= 0.6 is 0 Å². The lowest BCUT2D eigenvalue weighted by atomic mass is 10.1. The highest BCUT2D eigenvalue weighted by Crippen LogP contribution is 2.12.